The molecule has 0 amide bonds. The van der Waals surface area contributed by atoms with Crippen molar-refractivity contribution >= 4 is 17.5 Å². The highest BCUT2D eigenvalue weighted by Crippen LogP contribution is 2.40. The Morgan fingerprint density at radius 3 is 2.50 bits per heavy atom. The first-order chi connectivity index (χ1) is 13.7. The molecule has 0 aliphatic heterocycles. The van der Waals surface area contributed by atoms with Crippen molar-refractivity contribution in [1.29, 1.82) is 0 Å². The maximum absolute atomic E-state index is 12.6. The Balaban J connectivity index is 1.38. The highest BCUT2D eigenvalue weighted by atomic mass is 32.2. The minimum atomic E-state index is 0.0531. The molecule has 0 unspecified atom stereocenters. The number of Topliss-reactive ketones (excluding diaryl/α,β-unsaturated/α-hetero) is 1. The normalized spacial score (nSPS) is 13.3. The van der Waals surface area contributed by atoms with Crippen LogP contribution >= 0.6 is 11.8 Å². The van der Waals surface area contributed by atoms with Gasteiger partial charge in [-0.25, -0.2) is 0 Å². The average molecular weight is 391 g/mol. The molecule has 1 aliphatic carbocycles. The molecule has 0 radical (unpaired) electrons. The van der Waals surface area contributed by atoms with E-state index in [4.69, 9.17) is 4.74 Å². The molecule has 6 heteroatoms. The van der Waals surface area contributed by atoms with E-state index < -0.39 is 0 Å². The monoisotopic (exact) mass is 391 g/mol. The lowest BCUT2D eigenvalue weighted by atomic mass is 10.1. The lowest BCUT2D eigenvalue weighted by molar-refractivity contribution is 0.102. The second-order valence-corrected chi connectivity index (χ2v) is 7.61. The third kappa shape index (κ3) is 4.34. The van der Waals surface area contributed by atoms with Gasteiger partial charge < -0.3 is 9.30 Å². The Bertz CT molecular complexity index is 963. The molecule has 28 heavy (non-hydrogen) atoms. The number of ether oxygens (including phenoxy) is 1. The van der Waals surface area contributed by atoms with Gasteiger partial charge in [-0.15, -0.1) is 16.8 Å². The molecule has 1 aromatic heterocycles. The van der Waals surface area contributed by atoms with Gasteiger partial charge in [-0.3, -0.25) is 4.79 Å². The van der Waals surface area contributed by atoms with Gasteiger partial charge in [0, 0.05) is 18.0 Å². The van der Waals surface area contributed by atoms with E-state index in [1.54, 1.807) is 12.1 Å². The van der Waals surface area contributed by atoms with Crippen LogP contribution in [0.15, 0.2) is 72.4 Å². The Hall–Kier alpha value is -2.86. The van der Waals surface area contributed by atoms with Crippen molar-refractivity contribution in [2.45, 2.75) is 30.5 Å². The van der Waals surface area contributed by atoms with Crippen LogP contribution in [-0.2, 0) is 6.54 Å². The number of hydrogen-bond acceptors (Lipinski definition) is 5. The summed E-state index contributed by atoms with van der Waals surface area (Å²) in [7, 11) is 0. The third-order valence-corrected chi connectivity index (χ3v) is 5.45. The van der Waals surface area contributed by atoms with Gasteiger partial charge in [0.25, 0.3) is 0 Å². The van der Waals surface area contributed by atoms with E-state index in [2.05, 4.69) is 21.3 Å². The number of benzene rings is 2. The topological polar surface area (TPSA) is 57.0 Å². The van der Waals surface area contributed by atoms with Crippen LogP contribution in [0.1, 0.15) is 34.9 Å². The maximum Gasteiger partial charge on any atom is 0.191 e. The van der Waals surface area contributed by atoms with Crippen LogP contribution in [0, 0.1) is 0 Å². The van der Waals surface area contributed by atoms with Gasteiger partial charge in [-0.1, -0.05) is 36.0 Å². The van der Waals surface area contributed by atoms with Gasteiger partial charge >= 0.3 is 0 Å². The molecule has 0 atom stereocenters. The summed E-state index contributed by atoms with van der Waals surface area (Å²) >= 11 is 1.42. The Morgan fingerprint density at radius 2 is 1.82 bits per heavy atom. The standard InChI is InChI=1S/C22H21N3O2S/c1-2-14-25-21(17-8-9-17)23-24-22(25)28-15-20(26)16-10-12-19(13-11-16)27-18-6-4-3-5-7-18/h2-7,10-13,17H,1,8-9,14-15H2. The van der Waals surface area contributed by atoms with E-state index in [-0.39, 0.29) is 5.78 Å². The molecular formula is C22H21N3O2S. The molecule has 3 aromatic rings. The molecule has 142 valence electrons. The highest BCUT2D eigenvalue weighted by molar-refractivity contribution is 7.99. The molecule has 1 aliphatic rings. The van der Waals surface area contributed by atoms with Gasteiger partial charge in [0.15, 0.2) is 10.9 Å². The fraction of sp³-hybridized carbons (Fsp3) is 0.227. The number of rotatable bonds is 9. The lowest BCUT2D eigenvalue weighted by Gasteiger charge is -2.08. The predicted octanol–water partition coefficient (Wildman–Crippen LogP) is 5.11. The lowest BCUT2D eigenvalue weighted by Crippen LogP contribution is -2.06. The molecule has 1 fully saturated rings. The highest BCUT2D eigenvalue weighted by Gasteiger charge is 2.30. The maximum atomic E-state index is 12.6. The number of ketones is 1. The second kappa shape index (κ2) is 8.44. The summed E-state index contributed by atoms with van der Waals surface area (Å²) in [6, 6.07) is 16.8. The molecule has 0 spiro atoms. The van der Waals surface area contributed by atoms with Crippen molar-refractivity contribution in [2.24, 2.45) is 0 Å². The summed E-state index contributed by atoms with van der Waals surface area (Å²) in [6.45, 7) is 4.48. The number of aromatic nitrogens is 3. The molecule has 1 heterocycles. The predicted molar refractivity (Wildman–Crippen MR) is 110 cm³/mol. The van der Waals surface area contributed by atoms with Crippen molar-refractivity contribution in [3.8, 4) is 11.5 Å². The van der Waals surface area contributed by atoms with E-state index in [0.717, 1.165) is 29.6 Å². The number of hydrogen-bond donors (Lipinski definition) is 0. The number of nitrogens with zero attached hydrogens (tertiary/aromatic N) is 3. The zero-order valence-electron chi connectivity index (χ0n) is 15.5. The van der Waals surface area contributed by atoms with Crippen molar-refractivity contribution in [3.05, 3.63) is 78.6 Å². The van der Waals surface area contributed by atoms with E-state index in [1.165, 1.54) is 11.8 Å². The summed E-state index contributed by atoms with van der Waals surface area (Å²) in [6.07, 6.45) is 4.17. The first-order valence-corrected chi connectivity index (χ1v) is 10.3. The fourth-order valence-corrected chi connectivity index (χ4v) is 3.75. The SMILES string of the molecule is C=CCn1c(SCC(=O)c2ccc(Oc3ccccc3)cc2)nnc1C1CC1. The van der Waals surface area contributed by atoms with Crippen LogP contribution in [-0.4, -0.2) is 26.3 Å². The quantitative estimate of drug-likeness (QED) is 0.288. The molecule has 2 aromatic carbocycles. The van der Waals surface area contributed by atoms with Gasteiger partial charge in [0.05, 0.1) is 5.75 Å². The summed E-state index contributed by atoms with van der Waals surface area (Å²) in [5, 5.41) is 9.37. The van der Waals surface area contributed by atoms with Crippen LogP contribution in [0.2, 0.25) is 0 Å². The van der Waals surface area contributed by atoms with Crippen LogP contribution in [0.3, 0.4) is 0 Å². The number of allylic oxidation sites excluding steroid dienone is 1. The van der Waals surface area contributed by atoms with Gasteiger partial charge in [0.2, 0.25) is 0 Å². The second-order valence-electron chi connectivity index (χ2n) is 6.67. The van der Waals surface area contributed by atoms with Crippen LogP contribution in [0.5, 0.6) is 11.5 Å². The molecule has 5 nitrogen and oxygen atoms in total. The Kier molecular flexibility index (Phi) is 5.58. The van der Waals surface area contributed by atoms with Crippen molar-refractivity contribution < 1.29 is 9.53 Å². The van der Waals surface area contributed by atoms with Crippen molar-refractivity contribution in [3.63, 3.8) is 0 Å². The molecule has 1 saturated carbocycles. The third-order valence-electron chi connectivity index (χ3n) is 4.49. The van der Waals surface area contributed by atoms with Crippen LogP contribution in [0.25, 0.3) is 0 Å². The molecule has 0 N–H and O–H groups in total. The Morgan fingerprint density at radius 1 is 1.11 bits per heavy atom. The summed E-state index contributed by atoms with van der Waals surface area (Å²) in [5.74, 6) is 3.36. The summed E-state index contributed by atoms with van der Waals surface area (Å²) in [5.41, 5.74) is 0.658. The summed E-state index contributed by atoms with van der Waals surface area (Å²) in [4.78, 5) is 12.6. The van der Waals surface area contributed by atoms with Crippen molar-refractivity contribution in [1.82, 2.24) is 14.8 Å². The van der Waals surface area contributed by atoms with E-state index in [1.807, 2.05) is 48.5 Å². The minimum Gasteiger partial charge on any atom is -0.457 e. The zero-order valence-corrected chi connectivity index (χ0v) is 16.3. The summed E-state index contributed by atoms with van der Waals surface area (Å²) < 4.78 is 7.84. The van der Waals surface area contributed by atoms with Gasteiger partial charge in [-0.05, 0) is 49.2 Å². The van der Waals surface area contributed by atoms with Crippen LogP contribution in [0.4, 0.5) is 0 Å². The minimum absolute atomic E-state index is 0.0531. The van der Waals surface area contributed by atoms with Gasteiger partial charge in [-0.2, -0.15) is 0 Å². The van der Waals surface area contributed by atoms with E-state index >= 15 is 0 Å². The first-order valence-electron chi connectivity index (χ1n) is 9.27. The van der Waals surface area contributed by atoms with Crippen molar-refractivity contribution in [2.75, 3.05) is 5.75 Å². The number of thioether (sulfide) groups is 1. The fourth-order valence-electron chi connectivity index (χ4n) is 2.90. The number of para-hydroxylation sites is 1. The molecule has 0 bridgehead atoms. The first kappa shape index (κ1) is 18.5. The van der Waals surface area contributed by atoms with E-state index in [0.29, 0.717) is 29.5 Å². The van der Waals surface area contributed by atoms with E-state index in [9.17, 15) is 4.79 Å². The number of carbonyl (C=O) groups is 1. The zero-order chi connectivity index (χ0) is 19.3. The van der Waals surface area contributed by atoms with Crippen LogP contribution < -0.4 is 4.74 Å². The van der Waals surface area contributed by atoms with Gasteiger partial charge in [0.1, 0.15) is 17.3 Å². The molecule has 4 rings (SSSR count). The molecular weight excluding hydrogens is 370 g/mol. The Labute approximate surface area is 168 Å². The smallest absolute Gasteiger partial charge is 0.191 e. The number of carbonyl (C=O) groups excluding carboxylic acids is 1. The largest absolute Gasteiger partial charge is 0.457 e. The molecule has 0 saturated heterocycles. The average Bonchev–Trinajstić information content (AvgIpc) is 3.49.